The molecule has 0 N–H and O–H groups in total. The van der Waals surface area contributed by atoms with E-state index in [1.165, 1.54) is 27.6 Å². The topological polar surface area (TPSA) is 96.6 Å². The Bertz CT molecular complexity index is 1090. The Morgan fingerprint density at radius 2 is 1.86 bits per heavy atom. The van der Waals surface area contributed by atoms with Crippen LogP contribution in [-0.2, 0) is 14.8 Å². The summed E-state index contributed by atoms with van der Waals surface area (Å²) < 4.78 is 32.3. The fraction of sp³-hybridized carbons (Fsp3) is 0.211. The first-order valence-electron chi connectivity index (χ1n) is 8.69. The van der Waals surface area contributed by atoms with Gasteiger partial charge in [-0.1, -0.05) is 18.2 Å². The number of amides is 1. The Morgan fingerprint density at radius 1 is 1.07 bits per heavy atom. The van der Waals surface area contributed by atoms with E-state index in [2.05, 4.69) is 9.97 Å². The zero-order valence-corrected chi connectivity index (χ0v) is 16.0. The first-order chi connectivity index (χ1) is 13.4. The van der Waals surface area contributed by atoms with Gasteiger partial charge in [0.1, 0.15) is 17.8 Å². The van der Waals surface area contributed by atoms with Crippen molar-refractivity contribution in [1.82, 2.24) is 14.3 Å². The number of aromatic nitrogens is 2. The van der Waals surface area contributed by atoms with E-state index < -0.39 is 10.0 Å². The highest BCUT2D eigenvalue weighted by atomic mass is 32.2. The van der Waals surface area contributed by atoms with Crippen molar-refractivity contribution >= 4 is 21.7 Å². The molecule has 1 amide bonds. The van der Waals surface area contributed by atoms with Gasteiger partial charge < -0.3 is 4.42 Å². The molecule has 0 aliphatic carbocycles. The van der Waals surface area contributed by atoms with Crippen LogP contribution in [0.2, 0.25) is 0 Å². The van der Waals surface area contributed by atoms with E-state index >= 15 is 0 Å². The van der Waals surface area contributed by atoms with Crippen LogP contribution >= 0.6 is 0 Å². The van der Waals surface area contributed by atoms with E-state index in [9.17, 15) is 13.2 Å². The molecule has 3 heterocycles. The van der Waals surface area contributed by atoms with Crippen LogP contribution in [0.25, 0.3) is 11.3 Å². The standard InChI is InChI=1S/C19H18N4O4S/c1-14-21-17(13-27-14)15-5-7-16(8-6-15)28(25,26)22-10-11-23(19(24)12-22)18-4-2-3-9-20-18/h2-9,13H,10-12H2,1H3. The van der Waals surface area contributed by atoms with Crippen LogP contribution in [0.3, 0.4) is 0 Å². The van der Waals surface area contributed by atoms with Crippen LogP contribution in [0.15, 0.2) is 64.2 Å². The lowest BCUT2D eigenvalue weighted by molar-refractivity contribution is -0.120. The van der Waals surface area contributed by atoms with Gasteiger partial charge >= 0.3 is 0 Å². The minimum atomic E-state index is -3.77. The van der Waals surface area contributed by atoms with Gasteiger partial charge in [0.2, 0.25) is 15.9 Å². The first-order valence-corrected chi connectivity index (χ1v) is 10.1. The SMILES string of the molecule is Cc1nc(-c2ccc(S(=O)(=O)N3CCN(c4ccccn4)C(=O)C3)cc2)co1. The fourth-order valence-corrected chi connectivity index (χ4v) is 4.44. The number of nitrogens with zero attached hydrogens (tertiary/aromatic N) is 4. The molecule has 8 nitrogen and oxygen atoms in total. The lowest BCUT2D eigenvalue weighted by atomic mass is 10.2. The van der Waals surface area contributed by atoms with E-state index in [-0.39, 0.29) is 30.4 Å². The van der Waals surface area contributed by atoms with Crippen molar-refractivity contribution in [2.24, 2.45) is 0 Å². The number of benzene rings is 1. The summed E-state index contributed by atoms with van der Waals surface area (Å²) in [5.74, 6) is 0.760. The highest BCUT2D eigenvalue weighted by Gasteiger charge is 2.33. The number of pyridine rings is 1. The second-order valence-corrected chi connectivity index (χ2v) is 8.29. The molecule has 3 aromatic rings. The highest BCUT2D eigenvalue weighted by molar-refractivity contribution is 7.89. The van der Waals surface area contributed by atoms with Crippen LogP contribution < -0.4 is 4.90 Å². The van der Waals surface area contributed by atoms with Gasteiger partial charge in [-0.2, -0.15) is 4.31 Å². The van der Waals surface area contributed by atoms with E-state index in [0.29, 0.717) is 17.4 Å². The number of hydrogen-bond donors (Lipinski definition) is 0. The molecule has 1 aliphatic heterocycles. The molecule has 0 atom stereocenters. The number of rotatable bonds is 4. The molecule has 0 radical (unpaired) electrons. The van der Waals surface area contributed by atoms with Gasteiger partial charge in [0.15, 0.2) is 5.89 Å². The summed E-state index contributed by atoms with van der Waals surface area (Å²) in [6.45, 7) is 1.98. The van der Waals surface area contributed by atoms with Crippen LogP contribution in [0, 0.1) is 6.92 Å². The molecule has 4 rings (SSSR count). The molecular formula is C19H18N4O4S. The van der Waals surface area contributed by atoms with Crippen molar-refractivity contribution in [2.45, 2.75) is 11.8 Å². The van der Waals surface area contributed by atoms with Gasteiger partial charge in [-0.05, 0) is 24.3 Å². The van der Waals surface area contributed by atoms with Gasteiger partial charge in [-0.15, -0.1) is 0 Å². The maximum atomic E-state index is 12.9. The first kappa shape index (κ1) is 18.3. The Labute approximate surface area is 162 Å². The number of hydrogen-bond acceptors (Lipinski definition) is 6. The predicted molar refractivity (Wildman–Crippen MR) is 102 cm³/mol. The van der Waals surface area contributed by atoms with Crippen molar-refractivity contribution in [3.05, 3.63) is 60.8 Å². The molecule has 1 aromatic carbocycles. The van der Waals surface area contributed by atoms with E-state index in [1.54, 1.807) is 43.5 Å². The third-order valence-corrected chi connectivity index (χ3v) is 6.38. The molecule has 0 bridgehead atoms. The minimum absolute atomic E-state index is 0.135. The molecular weight excluding hydrogens is 380 g/mol. The summed E-state index contributed by atoms with van der Waals surface area (Å²) >= 11 is 0. The van der Waals surface area contributed by atoms with Crippen LogP contribution in [0.4, 0.5) is 5.82 Å². The summed E-state index contributed by atoms with van der Waals surface area (Å²) in [6.07, 6.45) is 3.12. The molecule has 0 unspecified atom stereocenters. The summed E-state index contributed by atoms with van der Waals surface area (Å²) in [7, 11) is -3.77. The summed E-state index contributed by atoms with van der Waals surface area (Å²) in [4.78, 5) is 22.5. The summed E-state index contributed by atoms with van der Waals surface area (Å²) in [5.41, 5.74) is 1.40. The van der Waals surface area contributed by atoms with Gasteiger partial charge in [0.25, 0.3) is 0 Å². The van der Waals surface area contributed by atoms with E-state index in [1.807, 2.05) is 0 Å². The molecule has 2 aromatic heterocycles. The average molecular weight is 398 g/mol. The van der Waals surface area contributed by atoms with Crippen LogP contribution in [-0.4, -0.2) is 48.2 Å². The molecule has 28 heavy (non-hydrogen) atoms. The number of oxazole rings is 1. The number of sulfonamides is 1. The largest absolute Gasteiger partial charge is 0.449 e. The molecule has 1 aliphatic rings. The molecule has 9 heteroatoms. The number of aryl methyl sites for hydroxylation is 1. The Hall–Kier alpha value is -3.04. The second kappa shape index (κ2) is 7.17. The highest BCUT2D eigenvalue weighted by Crippen LogP contribution is 2.24. The van der Waals surface area contributed by atoms with Gasteiger partial charge in [0.05, 0.1) is 11.4 Å². The average Bonchev–Trinajstić information content (AvgIpc) is 3.15. The quantitative estimate of drug-likeness (QED) is 0.668. The van der Waals surface area contributed by atoms with Crippen molar-refractivity contribution in [1.29, 1.82) is 0 Å². The minimum Gasteiger partial charge on any atom is -0.449 e. The number of carbonyl (C=O) groups excluding carboxylic acids is 1. The lowest BCUT2D eigenvalue weighted by Gasteiger charge is -2.32. The number of carbonyl (C=O) groups is 1. The zero-order chi connectivity index (χ0) is 19.7. The number of piperazine rings is 1. The Kier molecular flexibility index (Phi) is 4.70. The number of anilines is 1. The molecule has 0 spiro atoms. The van der Waals surface area contributed by atoms with Crippen molar-refractivity contribution in [2.75, 3.05) is 24.5 Å². The predicted octanol–water partition coefficient (Wildman–Crippen LogP) is 2.08. The Morgan fingerprint density at radius 3 is 2.46 bits per heavy atom. The molecule has 1 saturated heterocycles. The van der Waals surface area contributed by atoms with Gasteiger partial charge in [-0.3, -0.25) is 9.69 Å². The van der Waals surface area contributed by atoms with Crippen molar-refractivity contribution < 1.29 is 17.6 Å². The van der Waals surface area contributed by atoms with E-state index in [0.717, 1.165) is 5.56 Å². The van der Waals surface area contributed by atoms with Crippen LogP contribution in [0.1, 0.15) is 5.89 Å². The third-order valence-electron chi connectivity index (χ3n) is 4.52. The molecule has 0 saturated carbocycles. The third kappa shape index (κ3) is 3.41. The smallest absolute Gasteiger partial charge is 0.243 e. The van der Waals surface area contributed by atoms with Crippen molar-refractivity contribution in [3.63, 3.8) is 0 Å². The Balaban J connectivity index is 1.52. The summed E-state index contributed by atoms with van der Waals surface area (Å²) in [6, 6.07) is 11.7. The monoisotopic (exact) mass is 398 g/mol. The fourth-order valence-electron chi connectivity index (χ4n) is 3.06. The van der Waals surface area contributed by atoms with Crippen molar-refractivity contribution in [3.8, 4) is 11.3 Å². The van der Waals surface area contributed by atoms with E-state index in [4.69, 9.17) is 4.42 Å². The van der Waals surface area contributed by atoms with Crippen LogP contribution in [0.5, 0.6) is 0 Å². The molecule has 144 valence electrons. The second-order valence-electron chi connectivity index (χ2n) is 6.35. The maximum absolute atomic E-state index is 12.9. The zero-order valence-electron chi connectivity index (χ0n) is 15.1. The normalized spacial score (nSPS) is 15.8. The van der Waals surface area contributed by atoms with Gasteiger partial charge in [-0.25, -0.2) is 18.4 Å². The maximum Gasteiger partial charge on any atom is 0.243 e. The lowest BCUT2D eigenvalue weighted by Crippen LogP contribution is -2.52. The summed E-state index contributed by atoms with van der Waals surface area (Å²) in [5, 5.41) is 0. The van der Waals surface area contributed by atoms with Gasteiger partial charge in [0, 0.05) is 31.8 Å². The molecule has 1 fully saturated rings.